The van der Waals surface area contributed by atoms with Crippen molar-refractivity contribution in [2.45, 2.75) is 174 Å². The van der Waals surface area contributed by atoms with Gasteiger partial charge in [-0.05, 0) is 57.8 Å². The number of ether oxygens (including phenoxy) is 3. The summed E-state index contributed by atoms with van der Waals surface area (Å²) in [4.78, 5) is 37.0. The molecule has 0 aliphatic rings. The van der Waals surface area contributed by atoms with Gasteiger partial charge < -0.3 is 28.6 Å². The number of quaternary nitrogens is 1. The first-order chi connectivity index (χ1) is 30.1. The predicted molar refractivity (Wildman–Crippen MR) is 258 cm³/mol. The average Bonchev–Trinajstić information content (AvgIpc) is 3.23. The lowest BCUT2D eigenvalue weighted by Gasteiger charge is -2.34. The molecule has 2 atom stereocenters. The van der Waals surface area contributed by atoms with E-state index in [-0.39, 0.29) is 49.1 Å². The van der Waals surface area contributed by atoms with Crippen LogP contribution in [0.4, 0.5) is 0 Å². The van der Waals surface area contributed by atoms with Gasteiger partial charge in [0.15, 0.2) is 6.10 Å². The molecule has 0 amide bonds. The molecular weight excluding hydrogens is 775 g/mol. The highest BCUT2D eigenvalue weighted by atomic mass is 16.6. The van der Waals surface area contributed by atoms with Gasteiger partial charge in [-0.1, -0.05) is 194 Å². The third-order valence-corrected chi connectivity index (χ3v) is 10.1. The Kier molecular flexibility index (Phi) is 40.8. The molecule has 8 heteroatoms. The lowest BCUT2D eigenvalue weighted by atomic mass is 10.1. The Labute approximate surface area is 378 Å². The Balaban J connectivity index is 4.42. The molecule has 0 fully saturated rings. The zero-order valence-electron chi connectivity index (χ0n) is 39.7. The summed E-state index contributed by atoms with van der Waals surface area (Å²) in [6.45, 7) is 4.42. The third kappa shape index (κ3) is 41.3. The molecule has 0 N–H and O–H groups in total. The SMILES string of the molecule is CC/C=C/C=C/C=C/C=C/C=C/C=C/C=C/CCCCCC(=O)OC(COCCC(C(=O)[O-])[N+](C)(C)C)COC(=O)CCCCCCCCCCCC/C=C/C=C/CCCCC. The van der Waals surface area contributed by atoms with Crippen molar-refractivity contribution < 1.29 is 38.2 Å². The van der Waals surface area contributed by atoms with Crippen LogP contribution in [-0.4, -0.2) is 75.5 Å². The summed E-state index contributed by atoms with van der Waals surface area (Å²) in [5.41, 5.74) is 0. The number of aliphatic carboxylic acids is 1. The second-order valence-electron chi connectivity index (χ2n) is 16.8. The summed E-state index contributed by atoms with van der Waals surface area (Å²) in [7, 11) is 5.38. The van der Waals surface area contributed by atoms with Gasteiger partial charge in [0.25, 0.3) is 0 Å². The summed E-state index contributed by atoms with van der Waals surface area (Å²) in [6, 6.07) is -0.742. The Morgan fingerprint density at radius 2 is 0.903 bits per heavy atom. The van der Waals surface area contributed by atoms with Crippen LogP contribution >= 0.6 is 0 Å². The number of rotatable bonds is 41. The van der Waals surface area contributed by atoms with E-state index in [9.17, 15) is 19.5 Å². The van der Waals surface area contributed by atoms with Crippen molar-refractivity contribution in [3.63, 3.8) is 0 Å². The number of nitrogens with zero attached hydrogens (tertiary/aromatic N) is 1. The van der Waals surface area contributed by atoms with Crippen molar-refractivity contribution in [3.05, 3.63) is 109 Å². The molecule has 0 aliphatic carbocycles. The van der Waals surface area contributed by atoms with E-state index < -0.39 is 18.1 Å². The van der Waals surface area contributed by atoms with E-state index in [2.05, 4.69) is 50.3 Å². The van der Waals surface area contributed by atoms with Gasteiger partial charge in [0.2, 0.25) is 0 Å². The minimum Gasteiger partial charge on any atom is -0.544 e. The van der Waals surface area contributed by atoms with Gasteiger partial charge in [-0.3, -0.25) is 9.59 Å². The first-order valence-corrected chi connectivity index (χ1v) is 24.0. The Hall–Kier alpha value is -4.01. The lowest BCUT2D eigenvalue weighted by Crippen LogP contribution is -2.55. The molecule has 0 heterocycles. The summed E-state index contributed by atoms with van der Waals surface area (Å²) < 4.78 is 17.2. The fourth-order valence-electron chi connectivity index (χ4n) is 6.40. The van der Waals surface area contributed by atoms with Crippen LogP contribution in [0.5, 0.6) is 0 Å². The van der Waals surface area contributed by atoms with E-state index in [1.807, 2.05) is 72.9 Å². The fourth-order valence-corrected chi connectivity index (χ4v) is 6.40. The normalized spacial score (nSPS) is 13.9. The Morgan fingerprint density at radius 1 is 0.500 bits per heavy atom. The van der Waals surface area contributed by atoms with Crippen molar-refractivity contribution in [2.75, 3.05) is 41.0 Å². The lowest BCUT2D eigenvalue weighted by molar-refractivity contribution is -0.889. The number of carbonyl (C=O) groups excluding carboxylic acids is 3. The molecule has 350 valence electrons. The molecule has 0 aliphatic heterocycles. The summed E-state index contributed by atoms with van der Waals surface area (Å²) in [5, 5.41) is 11.7. The minimum absolute atomic E-state index is 0.0134. The molecule has 0 spiro atoms. The number of carboxylic acids is 1. The zero-order valence-corrected chi connectivity index (χ0v) is 39.7. The second kappa shape index (κ2) is 43.6. The molecular formula is C54H87NO7. The van der Waals surface area contributed by atoms with Crippen molar-refractivity contribution in [2.24, 2.45) is 0 Å². The van der Waals surface area contributed by atoms with Gasteiger partial charge >= 0.3 is 11.9 Å². The Morgan fingerprint density at radius 3 is 1.37 bits per heavy atom. The maximum atomic E-state index is 12.7. The van der Waals surface area contributed by atoms with E-state index in [0.717, 1.165) is 51.4 Å². The minimum atomic E-state index is -1.14. The molecule has 0 rings (SSSR count). The predicted octanol–water partition coefficient (Wildman–Crippen LogP) is 12.3. The molecule has 0 aromatic rings. The van der Waals surface area contributed by atoms with Crippen LogP contribution in [0.1, 0.15) is 162 Å². The molecule has 0 radical (unpaired) electrons. The highest BCUT2D eigenvalue weighted by molar-refractivity contribution is 5.70. The fraction of sp³-hybridized carbons (Fsp3) is 0.611. The smallest absolute Gasteiger partial charge is 0.306 e. The number of hydrogen-bond acceptors (Lipinski definition) is 7. The van der Waals surface area contributed by atoms with Crippen LogP contribution < -0.4 is 5.11 Å². The number of hydrogen-bond donors (Lipinski definition) is 0. The summed E-state index contributed by atoms with van der Waals surface area (Å²) in [6.07, 6.45) is 59.6. The quantitative estimate of drug-likeness (QED) is 0.0261. The first-order valence-electron chi connectivity index (χ1n) is 24.0. The Bertz CT molecular complexity index is 1370. The third-order valence-electron chi connectivity index (χ3n) is 10.1. The first kappa shape index (κ1) is 58.0. The van der Waals surface area contributed by atoms with Crippen molar-refractivity contribution in [1.82, 2.24) is 0 Å². The van der Waals surface area contributed by atoms with Gasteiger partial charge in [0.1, 0.15) is 12.6 Å². The molecule has 0 aromatic heterocycles. The molecule has 0 aromatic carbocycles. The van der Waals surface area contributed by atoms with E-state index in [0.29, 0.717) is 12.8 Å². The van der Waals surface area contributed by atoms with Crippen molar-refractivity contribution in [3.8, 4) is 0 Å². The number of carboxylic acid groups (broad SMARTS) is 1. The second-order valence-corrected chi connectivity index (χ2v) is 16.8. The van der Waals surface area contributed by atoms with Gasteiger partial charge in [-0.2, -0.15) is 0 Å². The number of allylic oxidation sites excluding steroid dienone is 18. The van der Waals surface area contributed by atoms with Gasteiger partial charge in [-0.25, -0.2) is 0 Å². The molecule has 0 saturated carbocycles. The molecule has 0 saturated heterocycles. The molecule has 8 nitrogen and oxygen atoms in total. The molecule has 2 unspecified atom stereocenters. The van der Waals surface area contributed by atoms with Crippen LogP contribution in [0.15, 0.2) is 109 Å². The van der Waals surface area contributed by atoms with E-state index in [4.69, 9.17) is 14.2 Å². The molecule has 62 heavy (non-hydrogen) atoms. The number of esters is 2. The summed E-state index contributed by atoms with van der Waals surface area (Å²) in [5.74, 6) is -1.81. The van der Waals surface area contributed by atoms with E-state index in [1.165, 1.54) is 70.6 Å². The monoisotopic (exact) mass is 862 g/mol. The number of unbranched alkanes of at least 4 members (excludes halogenated alkanes) is 16. The van der Waals surface area contributed by atoms with Gasteiger partial charge in [-0.15, -0.1) is 0 Å². The zero-order chi connectivity index (χ0) is 45.6. The maximum Gasteiger partial charge on any atom is 0.306 e. The topological polar surface area (TPSA) is 102 Å². The van der Waals surface area contributed by atoms with Crippen LogP contribution in [0.2, 0.25) is 0 Å². The van der Waals surface area contributed by atoms with Gasteiger partial charge in [0.05, 0.1) is 40.3 Å². The van der Waals surface area contributed by atoms with Crippen LogP contribution in [-0.2, 0) is 28.6 Å². The van der Waals surface area contributed by atoms with Crippen LogP contribution in [0.3, 0.4) is 0 Å². The standard InChI is InChI=1S/C54H87NO7/c1-6-8-10-12-14-16-18-20-22-24-26-28-30-32-34-36-38-40-42-44-52(56)61-49-50(48-60-47-46-51(54(58)59)55(3,4)5)62-53(57)45-43-41-39-37-35-33-31-29-27-25-23-21-19-17-15-13-11-9-7-2/h9,11,13-21,23,25,27,29,31,33,35,50-51H,6-8,10,12,22,24,26,28,30,32,34,36-49H2,1-5H3/b11-9+,15-13+,16-14+,19-17+,20-18+,23-21+,27-25+,31-29+,35-33+. The highest BCUT2D eigenvalue weighted by Crippen LogP contribution is 2.14. The van der Waals surface area contributed by atoms with Crippen molar-refractivity contribution >= 4 is 17.9 Å². The summed E-state index contributed by atoms with van der Waals surface area (Å²) >= 11 is 0. The number of likely N-dealkylation sites (N-methyl/N-ethyl adjacent to an activating group) is 1. The number of carbonyl (C=O) groups is 3. The average molecular weight is 862 g/mol. The highest BCUT2D eigenvalue weighted by Gasteiger charge is 2.25. The largest absolute Gasteiger partial charge is 0.544 e. The van der Waals surface area contributed by atoms with E-state index >= 15 is 0 Å². The van der Waals surface area contributed by atoms with Gasteiger partial charge in [0, 0.05) is 19.3 Å². The molecule has 0 bridgehead atoms. The van der Waals surface area contributed by atoms with Crippen LogP contribution in [0.25, 0.3) is 0 Å². The van der Waals surface area contributed by atoms with Crippen molar-refractivity contribution in [1.29, 1.82) is 0 Å². The van der Waals surface area contributed by atoms with E-state index in [1.54, 1.807) is 21.1 Å². The van der Waals surface area contributed by atoms with Crippen LogP contribution in [0, 0.1) is 0 Å². The maximum absolute atomic E-state index is 12.7.